The van der Waals surface area contributed by atoms with Gasteiger partial charge in [-0.15, -0.1) is 0 Å². The number of carbonyl (C=O) groups is 1. The molecular weight excluding hydrogens is 278 g/mol. The van der Waals surface area contributed by atoms with E-state index in [1.54, 1.807) is 0 Å². The maximum Gasteiger partial charge on any atom is 0.237 e. The lowest BCUT2D eigenvalue weighted by Crippen LogP contribution is -2.49. The summed E-state index contributed by atoms with van der Waals surface area (Å²) in [5.74, 6) is 1.88. The molecule has 5 heteroatoms. The number of hydrogen-bond donors (Lipinski definition) is 2. The molecule has 4 fully saturated rings. The summed E-state index contributed by atoms with van der Waals surface area (Å²) in [5, 5.41) is 22.4. The average molecular weight is 303 g/mol. The van der Waals surface area contributed by atoms with Crippen molar-refractivity contribution in [2.24, 2.45) is 17.8 Å². The molecule has 0 radical (unpaired) electrons. The summed E-state index contributed by atoms with van der Waals surface area (Å²) < 4.78 is 0. The number of nitriles is 1. The molecule has 1 heterocycles. The number of piperidine rings is 1. The summed E-state index contributed by atoms with van der Waals surface area (Å²) in [6.07, 6.45) is 5.78. The Hall–Kier alpha value is -1.12. The minimum absolute atomic E-state index is 0.00987. The van der Waals surface area contributed by atoms with E-state index in [1.807, 2.05) is 4.90 Å². The van der Waals surface area contributed by atoms with Gasteiger partial charge in [0, 0.05) is 11.6 Å². The summed E-state index contributed by atoms with van der Waals surface area (Å²) in [7, 11) is 0. The molecule has 0 aromatic heterocycles. The molecule has 0 unspecified atom stereocenters. The molecule has 120 valence electrons. The number of nitrogens with zero attached hydrogens (tertiary/aromatic N) is 2. The molecule has 1 saturated heterocycles. The zero-order valence-electron chi connectivity index (χ0n) is 13.2. The minimum Gasteiger partial charge on any atom is -0.393 e. The lowest BCUT2D eigenvalue weighted by Gasteiger charge is -2.29. The Balaban J connectivity index is 1.33. The number of hydrogen-bond acceptors (Lipinski definition) is 4. The van der Waals surface area contributed by atoms with Gasteiger partial charge in [-0.3, -0.25) is 4.79 Å². The Labute approximate surface area is 131 Å². The lowest BCUT2D eigenvalue weighted by atomic mass is 9.95. The SMILES string of the molecule is C[C@]1(NCC(=O)N2[C@H](C#N)C[C@@H]3C[C@@H]32)C[C@H]2C[C@@H](O)C[C@H]2C1. The van der Waals surface area contributed by atoms with Gasteiger partial charge >= 0.3 is 0 Å². The molecule has 3 aliphatic carbocycles. The van der Waals surface area contributed by atoms with E-state index < -0.39 is 0 Å². The predicted octanol–water partition coefficient (Wildman–Crippen LogP) is 1.03. The third kappa shape index (κ3) is 2.33. The molecule has 4 aliphatic rings. The maximum atomic E-state index is 12.5. The Morgan fingerprint density at radius 1 is 1.27 bits per heavy atom. The Kier molecular flexibility index (Phi) is 3.25. The third-order valence-electron chi connectivity index (χ3n) is 6.45. The second-order valence-electron chi connectivity index (χ2n) is 8.21. The van der Waals surface area contributed by atoms with E-state index in [4.69, 9.17) is 0 Å². The molecule has 1 aliphatic heterocycles. The molecule has 1 amide bonds. The van der Waals surface area contributed by atoms with Crippen LogP contribution in [0.1, 0.15) is 45.4 Å². The molecule has 22 heavy (non-hydrogen) atoms. The van der Waals surface area contributed by atoms with Gasteiger partial charge in [-0.2, -0.15) is 5.26 Å². The zero-order valence-corrected chi connectivity index (χ0v) is 13.2. The minimum atomic E-state index is -0.205. The molecular formula is C17H25N3O2. The van der Waals surface area contributed by atoms with Crippen LogP contribution < -0.4 is 5.32 Å². The van der Waals surface area contributed by atoms with E-state index in [2.05, 4.69) is 18.3 Å². The van der Waals surface area contributed by atoms with Crippen LogP contribution >= 0.6 is 0 Å². The van der Waals surface area contributed by atoms with Gasteiger partial charge in [0.25, 0.3) is 0 Å². The van der Waals surface area contributed by atoms with Gasteiger partial charge < -0.3 is 15.3 Å². The first-order valence-corrected chi connectivity index (χ1v) is 8.63. The van der Waals surface area contributed by atoms with E-state index in [9.17, 15) is 15.2 Å². The van der Waals surface area contributed by atoms with Gasteiger partial charge in [-0.25, -0.2) is 0 Å². The number of nitrogens with one attached hydrogen (secondary N) is 1. The third-order valence-corrected chi connectivity index (χ3v) is 6.45. The number of likely N-dealkylation sites (tertiary alicyclic amines) is 1. The van der Waals surface area contributed by atoms with Gasteiger partial charge in [-0.1, -0.05) is 0 Å². The highest BCUT2D eigenvalue weighted by molar-refractivity contribution is 5.80. The molecule has 0 bridgehead atoms. The van der Waals surface area contributed by atoms with Crippen LogP contribution in [0.25, 0.3) is 0 Å². The van der Waals surface area contributed by atoms with Crippen LogP contribution in [0, 0.1) is 29.1 Å². The summed E-state index contributed by atoms with van der Waals surface area (Å²) in [5.41, 5.74) is 0.00987. The van der Waals surface area contributed by atoms with Gasteiger partial charge in [0.05, 0.1) is 18.7 Å². The highest BCUT2D eigenvalue weighted by Gasteiger charge is 2.54. The van der Waals surface area contributed by atoms with Crippen LogP contribution in [-0.2, 0) is 4.79 Å². The Bertz CT molecular complexity index is 514. The van der Waals surface area contributed by atoms with Crippen LogP contribution in [0.3, 0.4) is 0 Å². The molecule has 0 spiro atoms. The predicted molar refractivity (Wildman–Crippen MR) is 80.6 cm³/mol. The second-order valence-corrected chi connectivity index (χ2v) is 8.21. The van der Waals surface area contributed by atoms with Gasteiger partial charge in [0.15, 0.2) is 0 Å². The average Bonchev–Trinajstić information content (AvgIpc) is 2.83. The number of aliphatic hydroxyl groups is 1. The Morgan fingerprint density at radius 3 is 2.59 bits per heavy atom. The first-order valence-electron chi connectivity index (χ1n) is 8.63. The van der Waals surface area contributed by atoms with Crippen LogP contribution in [-0.4, -0.2) is 46.2 Å². The number of fused-ring (bicyclic) bond motifs is 2. The van der Waals surface area contributed by atoms with E-state index in [0.717, 1.165) is 38.5 Å². The van der Waals surface area contributed by atoms with E-state index in [0.29, 0.717) is 30.3 Å². The van der Waals surface area contributed by atoms with E-state index in [-0.39, 0.29) is 23.6 Å². The lowest BCUT2D eigenvalue weighted by molar-refractivity contribution is -0.131. The Morgan fingerprint density at radius 2 is 1.95 bits per heavy atom. The van der Waals surface area contributed by atoms with Crippen molar-refractivity contribution in [3.8, 4) is 6.07 Å². The molecule has 0 aromatic rings. The fourth-order valence-electron chi connectivity index (χ4n) is 5.38. The van der Waals surface area contributed by atoms with Gasteiger partial charge in [-0.05, 0) is 63.2 Å². The van der Waals surface area contributed by atoms with E-state index in [1.165, 1.54) is 0 Å². The van der Waals surface area contributed by atoms with Crippen LogP contribution in [0.2, 0.25) is 0 Å². The smallest absolute Gasteiger partial charge is 0.237 e. The second kappa shape index (κ2) is 4.94. The van der Waals surface area contributed by atoms with Crippen molar-refractivity contribution in [2.45, 2.75) is 69.2 Å². The van der Waals surface area contributed by atoms with Gasteiger partial charge in [0.2, 0.25) is 5.91 Å². The quantitative estimate of drug-likeness (QED) is 0.816. The van der Waals surface area contributed by atoms with E-state index >= 15 is 0 Å². The number of amides is 1. The number of carbonyl (C=O) groups excluding carboxylic acids is 1. The summed E-state index contributed by atoms with van der Waals surface area (Å²) in [6, 6.07) is 2.41. The summed E-state index contributed by atoms with van der Waals surface area (Å²) in [6.45, 7) is 2.55. The van der Waals surface area contributed by atoms with Crippen LogP contribution in [0.15, 0.2) is 0 Å². The van der Waals surface area contributed by atoms with Crippen molar-refractivity contribution in [1.82, 2.24) is 10.2 Å². The molecule has 0 aromatic carbocycles. The highest BCUT2D eigenvalue weighted by Crippen LogP contribution is 2.49. The standard InChI is InChI=1S/C17H25N3O2/c1-17(6-11-3-14(21)4-12(11)7-17)19-9-16(22)20-13(8-18)2-10-5-15(10)20/h10-15,19,21H,2-7,9H2,1H3/t10-,11-,12+,13+,14-,15+,17+/m1/s1. The zero-order chi connectivity index (χ0) is 15.5. The van der Waals surface area contributed by atoms with Crippen molar-refractivity contribution in [2.75, 3.05) is 6.54 Å². The van der Waals surface area contributed by atoms with Crippen molar-refractivity contribution >= 4 is 5.91 Å². The fourth-order valence-corrected chi connectivity index (χ4v) is 5.38. The molecule has 2 N–H and O–H groups in total. The van der Waals surface area contributed by atoms with Crippen molar-refractivity contribution < 1.29 is 9.90 Å². The normalized spacial score (nSPS) is 48.9. The van der Waals surface area contributed by atoms with Gasteiger partial charge in [0.1, 0.15) is 6.04 Å². The summed E-state index contributed by atoms with van der Waals surface area (Å²) in [4.78, 5) is 14.4. The molecule has 3 saturated carbocycles. The first kappa shape index (κ1) is 14.5. The van der Waals surface area contributed by atoms with Crippen molar-refractivity contribution in [3.63, 3.8) is 0 Å². The molecule has 4 rings (SSSR count). The number of rotatable bonds is 3. The topological polar surface area (TPSA) is 76.4 Å². The highest BCUT2D eigenvalue weighted by atomic mass is 16.3. The van der Waals surface area contributed by atoms with Crippen molar-refractivity contribution in [1.29, 1.82) is 5.26 Å². The van der Waals surface area contributed by atoms with Crippen molar-refractivity contribution in [3.05, 3.63) is 0 Å². The van der Waals surface area contributed by atoms with Crippen LogP contribution in [0.4, 0.5) is 0 Å². The monoisotopic (exact) mass is 303 g/mol. The maximum absolute atomic E-state index is 12.5. The molecule has 5 nitrogen and oxygen atoms in total. The van der Waals surface area contributed by atoms with Crippen LogP contribution in [0.5, 0.6) is 0 Å². The fraction of sp³-hybridized carbons (Fsp3) is 0.882. The number of aliphatic hydroxyl groups excluding tert-OH is 1. The first-order chi connectivity index (χ1) is 10.5. The molecule has 7 atom stereocenters. The largest absolute Gasteiger partial charge is 0.393 e. The summed E-state index contributed by atoms with van der Waals surface area (Å²) >= 11 is 0.